The highest BCUT2D eigenvalue weighted by Crippen LogP contribution is 2.29. The molecule has 1 aliphatic heterocycles. The Hall–Kier alpha value is -2.91. The lowest BCUT2D eigenvalue weighted by Crippen LogP contribution is -2.39. The lowest BCUT2D eigenvalue weighted by atomic mass is 10.0. The molecule has 0 saturated carbocycles. The summed E-state index contributed by atoms with van der Waals surface area (Å²) in [5.74, 6) is -0.171. The molecular formula is C26H27BrClFN4O3. The minimum Gasteiger partial charge on any atom is -0.497 e. The molecule has 1 fully saturated rings. The van der Waals surface area contributed by atoms with Gasteiger partial charge in [-0.2, -0.15) is 5.10 Å². The first-order valence-electron chi connectivity index (χ1n) is 11.7. The number of rotatable bonds is 7. The molecule has 1 saturated heterocycles. The topological polar surface area (TPSA) is 76.5 Å². The van der Waals surface area contributed by atoms with Crippen LogP contribution in [0.2, 0.25) is 5.02 Å². The van der Waals surface area contributed by atoms with Gasteiger partial charge in [0.2, 0.25) is 5.91 Å². The molecule has 36 heavy (non-hydrogen) atoms. The number of methoxy groups -OCH3 is 1. The van der Waals surface area contributed by atoms with Crippen LogP contribution in [0.25, 0.3) is 0 Å². The molecule has 4 rings (SSSR count). The number of hydrogen-bond donors (Lipinski definition) is 1. The average molecular weight is 578 g/mol. The number of ether oxygens (including phenoxy) is 1. The van der Waals surface area contributed by atoms with E-state index in [2.05, 4.69) is 26.3 Å². The van der Waals surface area contributed by atoms with Crippen molar-refractivity contribution in [3.8, 4) is 5.75 Å². The van der Waals surface area contributed by atoms with E-state index in [4.69, 9.17) is 16.3 Å². The summed E-state index contributed by atoms with van der Waals surface area (Å²) in [4.78, 5) is 27.3. The van der Waals surface area contributed by atoms with Gasteiger partial charge in [0.25, 0.3) is 5.91 Å². The van der Waals surface area contributed by atoms with E-state index in [0.717, 1.165) is 18.4 Å². The standard InChI is InChI=1S/C26H27BrClFN4O3/c1-16-11-23(28)22(27)13-21(16)26(35)32-9-7-19(8-10-32)33-15-18(14-30-33)31-25(34)6-4-17-3-5-20(36-2)12-24(17)29/h3,5,11-15,19H,4,6-10H2,1-2H3,(H,31,34). The zero-order valence-electron chi connectivity index (χ0n) is 20.1. The summed E-state index contributed by atoms with van der Waals surface area (Å²) in [5.41, 5.74) is 2.54. The predicted octanol–water partition coefficient (Wildman–Crippen LogP) is 5.80. The molecule has 0 spiro atoms. The van der Waals surface area contributed by atoms with Crippen molar-refractivity contribution < 1.29 is 18.7 Å². The zero-order valence-corrected chi connectivity index (χ0v) is 22.4. The van der Waals surface area contributed by atoms with Gasteiger partial charge >= 0.3 is 0 Å². The van der Waals surface area contributed by atoms with Crippen LogP contribution in [0, 0.1) is 12.7 Å². The first-order valence-corrected chi connectivity index (χ1v) is 12.8. The maximum absolute atomic E-state index is 14.1. The van der Waals surface area contributed by atoms with Crippen molar-refractivity contribution in [2.24, 2.45) is 0 Å². The molecule has 2 heterocycles. The van der Waals surface area contributed by atoms with Crippen molar-refractivity contribution in [3.05, 3.63) is 74.7 Å². The highest BCUT2D eigenvalue weighted by atomic mass is 79.9. The summed E-state index contributed by atoms with van der Waals surface area (Å²) in [7, 11) is 1.48. The number of likely N-dealkylation sites (tertiary alicyclic amines) is 1. The van der Waals surface area contributed by atoms with E-state index in [1.807, 2.05) is 16.5 Å². The fourth-order valence-electron chi connectivity index (χ4n) is 4.31. The Kier molecular flexibility index (Phi) is 8.31. The average Bonchev–Trinajstić information content (AvgIpc) is 3.33. The fourth-order valence-corrected chi connectivity index (χ4v) is 4.87. The molecule has 0 bridgehead atoms. The zero-order chi connectivity index (χ0) is 25.8. The Morgan fingerprint density at radius 1 is 1.25 bits per heavy atom. The molecule has 7 nitrogen and oxygen atoms in total. The molecule has 10 heteroatoms. The van der Waals surface area contributed by atoms with Crippen molar-refractivity contribution in [2.45, 2.75) is 38.6 Å². The van der Waals surface area contributed by atoms with Gasteiger partial charge in [-0.05, 0) is 71.4 Å². The second kappa shape index (κ2) is 11.4. The molecule has 2 amide bonds. The third-order valence-corrected chi connectivity index (χ3v) is 7.59. The third-order valence-electron chi connectivity index (χ3n) is 6.39. The van der Waals surface area contributed by atoms with Crippen LogP contribution < -0.4 is 10.1 Å². The van der Waals surface area contributed by atoms with Crippen molar-refractivity contribution in [1.29, 1.82) is 0 Å². The van der Waals surface area contributed by atoms with Crippen molar-refractivity contribution >= 4 is 45.0 Å². The van der Waals surface area contributed by atoms with Crippen molar-refractivity contribution in [1.82, 2.24) is 14.7 Å². The Morgan fingerprint density at radius 3 is 2.69 bits per heavy atom. The lowest BCUT2D eigenvalue weighted by molar-refractivity contribution is -0.116. The molecule has 3 aromatic rings. The van der Waals surface area contributed by atoms with Gasteiger partial charge < -0.3 is 15.0 Å². The number of halogens is 3. The van der Waals surface area contributed by atoms with Gasteiger partial charge in [0.15, 0.2) is 0 Å². The van der Waals surface area contributed by atoms with E-state index in [1.165, 1.54) is 13.2 Å². The minimum atomic E-state index is -0.390. The molecule has 1 N–H and O–H groups in total. The Bertz CT molecular complexity index is 1270. The number of nitrogens with zero attached hydrogens (tertiary/aromatic N) is 3. The quantitative estimate of drug-likeness (QED) is 0.385. The summed E-state index contributed by atoms with van der Waals surface area (Å²) >= 11 is 9.53. The van der Waals surface area contributed by atoms with Gasteiger partial charge in [0.1, 0.15) is 11.6 Å². The number of carbonyl (C=O) groups excluding carboxylic acids is 2. The Morgan fingerprint density at radius 2 is 2.00 bits per heavy atom. The number of anilines is 1. The Balaban J connectivity index is 1.28. The lowest BCUT2D eigenvalue weighted by Gasteiger charge is -2.32. The predicted molar refractivity (Wildman–Crippen MR) is 140 cm³/mol. The van der Waals surface area contributed by atoms with Crippen molar-refractivity contribution in [3.63, 3.8) is 0 Å². The molecule has 0 radical (unpaired) electrons. The summed E-state index contributed by atoms with van der Waals surface area (Å²) in [6, 6.07) is 8.31. The van der Waals surface area contributed by atoms with Crippen LogP contribution in [-0.2, 0) is 11.2 Å². The number of aryl methyl sites for hydroxylation is 2. The molecule has 1 aliphatic rings. The number of aromatic nitrogens is 2. The minimum absolute atomic E-state index is 0.00923. The number of nitrogens with one attached hydrogen (secondary N) is 1. The second-order valence-corrected chi connectivity index (χ2v) is 10.1. The molecule has 2 aromatic carbocycles. The van der Waals surface area contributed by atoms with E-state index in [-0.39, 0.29) is 30.7 Å². The summed E-state index contributed by atoms with van der Waals surface area (Å²) < 4.78 is 21.6. The van der Waals surface area contributed by atoms with Crippen LogP contribution in [0.5, 0.6) is 5.75 Å². The summed E-state index contributed by atoms with van der Waals surface area (Å²) in [5, 5.41) is 7.82. The first-order chi connectivity index (χ1) is 17.2. The van der Waals surface area contributed by atoms with Gasteiger partial charge in [-0.15, -0.1) is 0 Å². The second-order valence-electron chi connectivity index (χ2n) is 8.82. The van der Waals surface area contributed by atoms with E-state index >= 15 is 0 Å². The van der Waals surface area contributed by atoms with Gasteiger partial charge in [-0.3, -0.25) is 14.3 Å². The molecule has 1 aromatic heterocycles. The van der Waals surface area contributed by atoms with Crippen LogP contribution in [0.3, 0.4) is 0 Å². The first kappa shape index (κ1) is 26.2. The van der Waals surface area contributed by atoms with E-state index in [0.29, 0.717) is 45.1 Å². The van der Waals surface area contributed by atoms with Crippen LogP contribution in [0.4, 0.5) is 10.1 Å². The third kappa shape index (κ3) is 6.07. The molecule has 0 unspecified atom stereocenters. The summed E-state index contributed by atoms with van der Waals surface area (Å²) in [6.45, 7) is 3.10. The highest BCUT2D eigenvalue weighted by Gasteiger charge is 2.26. The molecule has 190 valence electrons. The van der Waals surface area contributed by atoms with Crippen LogP contribution in [0.1, 0.15) is 46.8 Å². The Labute approximate surface area is 222 Å². The number of amides is 2. The maximum Gasteiger partial charge on any atom is 0.254 e. The van der Waals surface area contributed by atoms with Crippen LogP contribution in [-0.4, -0.2) is 46.7 Å². The van der Waals surface area contributed by atoms with E-state index < -0.39 is 5.82 Å². The fraction of sp³-hybridized carbons (Fsp3) is 0.346. The molecule has 0 atom stereocenters. The van der Waals surface area contributed by atoms with Crippen molar-refractivity contribution in [2.75, 3.05) is 25.5 Å². The SMILES string of the molecule is COc1ccc(CCC(=O)Nc2cnn(C3CCN(C(=O)c4cc(Br)c(Cl)cc4C)CC3)c2)c(F)c1. The van der Waals surface area contributed by atoms with Gasteiger partial charge in [0, 0.05) is 41.8 Å². The molecule has 0 aliphatic carbocycles. The van der Waals surface area contributed by atoms with E-state index in [1.54, 1.807) is 36.7 Å². The number of benzene rings is 2. The number of hydrogen-bond acceptors (Lipinski definition) is 4. The smallest absolute Gasteiger partial charge is 0.254 e. The van der Waals surface area contributed by atoms with Gasteiger partial charge in [0.05, 0.1) is 30.1 Å². The van der Waals surface area contributed by atoms with E-state index in [9.17, 15) is 14.0 Å². The number of piperidine rings is 1. The van der Waals surface area contributed by atoms with Gasteiger partial charge in [-0.25, -0.2) is 4.39 Å². The number of carbonyl (C=O) groups is 2. The highest BCUT2D eigenvalue weighted by molar-refractivity contribution is 9.10. The molecular weight excluding hydrogens is 551 g/mol. The monoisotopic (exact) mass is 576 g/mol. The van der Waals surface area contributed by atoms with Crippen LogP contribution in [0.15, 0.2) is 47.2 Å². The van der Waals surface area contributed by atoms with Gasteiger partial charge in [-0.1, -0.05) is 17.7 Å². The van der Waals surface area contributed by atoms with Crippen LogP contribution >= 0.6 is 27.5 Å². The largest absolute Gasteiger partial charge is 0.497 e. The maximum atomic E-state index is 14.1. The summed E-state index contributed by atoms with van der Waals surface area (Å²) in [6.07, 6.45) is 5.35. The normalized spacial score (nSPS) is 14.1.